The summed E-state index contributed by atoms with van der Waals surface area (Å²) in [5.74, 6) is 1.19. The summed E-state index contributed by atoms with van der Waals surface area (Å²) in [5, 5.41) is 3.90. The van der Waals surface area contributed by atoms with E-state index in [0.717, 1.165) is 20.9 Å². The van der Waals surface area contributed by atoms with Crippen LogP contribution >= 0.6 is 22.9 Å². The molecular weight excluding hydrogens is 320 g/mol. The van der Waals surface area contributed by atoms with Gasteiger partial charge in [-0.3, -0.25) is 4.79 Å². The molecule has 7 heteroatoms. The Bertz CT molecular complexity index is 630. The lowest BCUT2D eigenvalue weighted by Gasteiger charge is -2.17. The Balaban J connectivity index is 1.90. The van der Waals surface area contributed by atoms with Crippen LogP contribution in [0.3, 0.4) is 0 Å². The molecule has 0 aliphatic carbocycles. The third kappa shape index (κ3) is 3.87. The molecule has 0 aromatic carbocycles. The maximum Gasteiger partial charge on any atom is 0.242 e. The highest BCUT2D eigenvalue weighted by atomic mass is 35.5. The van der Waals surface area contributed by atoms with Crippen LogP contribution < -0.4 is 5.32 Å². The van der Waals surface area contributed by atoms with Gasteiger partial charge in [-0.2, -0.15) is 0 Å². The first kappa shape index (κ1) is 17.0. The number of thiazole rings is 1. The van der Waals surface area contributed by atoms with E-state index >= 15 is 0 Å². The molecule has 5 nitrogen and oxygen atoms in total. The Labute approximate surface area is 139 Å². The van der Waals surface area contributed by atoms with E-state index in [1.807, 2.05) is 24.6 Å². The van der Waals surface area contributed by atoms with Crippen molar-refractivity contribution in [2.75, 3.05) is 6.54 Å². The molecule has 2 aromatic heterocycles. The third-order valence-corrected chi connectivity index (χ3v) is 4.94. The Morgan fingerprint density at radius 1 is 1.45 bits per heavy atom. The Kier molecular flexibility index (Phi) is 5.58. The first-order chi connectivity index (χ1) is 10.4. The van der Waals surface area contributed by atoms with Gasteiger partial charge in [0, 0.05) is 31.3 Å². The van der Waals surface area contributed by atoms with Gasteiger partial charge in [0.05, 0.1) is 10.7 Å². The fraction of sp³-hybridized carbons (Fsp3) is 0.533. The van der Waals surface area contributed by atoms with Gasteiger partial charge in [-0.1, -0.05) is 25.4 Å². The van der Waals surface area contributed by atoms with E-state index in [2.05, 4.69) is 29.1 Å². The summed E-state index contributed by atoms with van der Waals surface area (Å²) in [7, 11) is 0. The standard InChI is InChI=1S/C15H21ClN4OS/c1-9(2)14-17-7-8-20(14)11(4)15(21)18-6-5-12-19-10(3)13(16)22-12/h7-9,11H,5-6H2,1-4H3,(H,18,21)/t11-/m1/s1. The highest BCUT2D eigenvalue weighted by molar-refractivity contribution is 7.16. The van der Waals surface area contributed by atoms with Crippen molar-refractivity contribution in [2.24, 2.45) is 0 Å². The molecule has 1 amide bonds. The minimum absolute atomic E-state index is 0.0146. The Hall–Kier alpha value is -1.40. The average Bonchev–Trinajstić information content (AvgIpc) is 3.05. The lowest BCUT2D eigenvalue weighted by molar-refractivity contribution is -0.123. The number of amides is 1. The number of nitrogens with one attached hydrogen (secondary N) is 1. The fourth-order valence-electron chi connectivity index (χ4n) is 2.20. The van der Waals surface area contributed by atoms with Crippen LogP contribution in [0, 0.1) is 6.92 Å². The lowest BCUT2D eigenvalue weighted by Crippen LogP contribution is -2.33. The Morgan fingerprint density at radius 2 is 2.18 bits per heavy atom. The van der Waals surface area contributed by atoms with Crippen LogP contribution in [0.4, 0.5) is 0 Å². The summed E-state index contributed by atoms with van der Waals surface area (Å²) in [6.07, 6.45) is 4.28. The molecule has 0 aliphatic rings. The number of halogens is 1. The predicted molar refractivity (Wildman–Crippen MR) is 89.6 cm³/mol. The van der Waals surface area contributed by atoms with Gasteiger partial charge in [-0.25, -0.2) is 9.97 Å². The van der Waals surface area contributed by atoms with Gasteiger partial charge >= 0.3 is 0 Å². The number of hydrogen-bond acceptors (Lipinski definition) is 4. The molecule has 2 aromatic rings. The van der Waals surface area contributed by atoms with Gasteiger partial charge in [0.1, 0.15) is 16.2 Å². The van der Waals surface area contributed by atoms with E-state index in [-0.39, 0.29) is 17.9 Å². The lowest BCUT2D eigenvalue weighted by atomic mass is 10.2. The molecule has 0 aliphatic heterocycles. The summed E-state index contributed by atoms with van der Waals surface area (Å²) in [4.78, 5) is 21.0. The zero-order valence-corrected chi connectivity index (χ0v) is 14.8. The van der Waals surface area contributed by atoms with Crippen LogP contribution in [0.25, 0.3) is 0 Å². The highest BCUT2D eigenvalue weighted by Crippen LogP contribution is 2.23. The molecule has 0 radical (unpaired) electrons. The van der Waals surface area contributed by atoms with Crippen molar-refractivity contribution in [3.63, 3.8) is 0 Å². The van der Waals surface area contributed by atoms with Crippen molar-refractivity contribution in [2.45, 2.75) is 46.1 Å². The molecule has 0 spiro atoms. The first-order valence-corrected chi connectivity index (χ1v) is 8.51. The summed E-state index contributed by atoms with van der Waals surface area (Å²) in [6, 6.07) is -0.276. The zero-order valence-electron chi connectivity index (χ0n) is 13.3. The van der Waals surface area contributed by atoms with Crippen LogP contribution in [0.5, 0.6) is 0 Å². The van der Waals surface area contributed by atoms with Gasteiger partial charge < -0.3 is 9.88 Å². The number of hydrogen-bond donors (Lipinski definition) is 1. The normalized spacial score (nSPS) is 12.6. The van der Waals surface area contributed by atoms with Gasteiger partial charge in [0.2, 0.25) is 5.91 Å². The van der Waals surface area contributed by atoms with Crippen molar-refractivity contribution in [3.05, 3.63) is 33.3 Å². The van der Waals surface area contributed by atoms with E-state index in [0.29, 0.717) is 13.0 Å². The smallest absolute Gasteiger partial charge is 0.242 e. The molecule has 1 atom stereocenters. The van der Waals surface area contributed by atoms with E-state index in [1.54, 1.807) is 6.20 Å². The molecule has 2 rings (SSSR count). The minimum atomic E-state index is -0.276. The molecular formula is C15H21ClN4OS. The molecule has 0 saturated heterocycles. The first-order valence-electron chi connectivity index (χ1n) is 7.32. The van der Waals surface area contributed by atoms with Crippen molar-refractivity contribution >= 4 is 28.8 Å². The second-order valence-corrected chi connectivity index (χ2v) is 7.22. The molecule has 1 N–H and O–H groups in total. The van der Waals surface area contributed by atoms with Gasteiger partial charge in [-0.05, 0) is 13.8 Å². The number of carbonyl (C=O) groups is 1. The predicted octanol–water partition coefficient (Wildman–Crippen LogP) is 3.34. The SMILES string of the molecule is Cc1nc(CCNC(=O)[C@@H](C)n2ccnc2C(C)C)sc1Cl. The molecule has 0 fully saturated rings. The topological polar surface area (TPSA) is 59.8 Å². The van der Waals surface area contributed by atoms with Crippen molar-refractivity contribution < 1.29 is 4.79 Å². The van der Waals surface area contributed by atoms with Gasteiger partial charge in [-0.15, -0.1) is 11.3 Å². The third-order valence-electron chi connectivity index (χ3n) is 3.43. The highest BCUT2D eigenvalue weighted by Gasteiger charge is 2.18. The van der Waals surface area contributed by atoms with Gasteiger partial charge in [0.15, 0.2) is 0 Å². The quantitative estimate of drug-likeness (QED) is 0.877. The summed E-state index contributed by atoms with van der Waals surface area (Å²) >= 11 is 7.46. The van der Waals surface area contributed by atoms with Crippen molar-refractivity contribution in [1.29, 1.82) is 0 Å². The summed E-state index contributed by atoms with van der Waals surface area (Å²) in [5.41, 5.74) is 0.848. The van der Waals surface area contributed by atoms with Crippen molar-refractivity contribution in [3.8, 4) is 0 Å². The number of aryl methyl sites for hydroxylation is 1. The number of aromatic nitrogens is 3. The monoisotopic (exact) mass is 340 g/mol. The number of carbonyl (C=O) groups excluding carboxylic acids is 1. The molecule has 2 heterocycles. The molecule has 22 heavy (non-hydrogen) atoms. The molecule has 0 bridgehead atoms. The average molecular weight is 341 g/mol. The van der Waals surface area contributed by atoms with Crippen molar-refractivity contribution in [1.82, 2.24) is 19.9 Å². The van der Waals surface area contributed by atoms with Crippen LogP contribution in [-0.4, -0.2) is 27.0 Å². The largest absolute Gasteiger partial charge is 0.354 e. The fourth-order valence-corrected chi connectivity index (χ4v) is 3.30. The van der Waals surface area contributed by atoms with E-state index in [1.165, 1.54) is 11.3 Å². The maximum absolute atomic E-state index is 12.3. The number of rotatable bonds is 6. The summed E-state index contributed by atoms with van der Waals surface area (Å²) < 4.78 is 2.64. The zero-order chi connectivity index (χ0) is 16.3. The summed E-state index contributed by atoms with van der Waals surface area (Å²) in [6.45, 7) is 8.46. The molecule has 120 valence electrons. The minimum Gasteiger partial charge on any atom is -0.354 e. The van der Waals surface area contributed by atoms with Gasteiger partial charge in [0.25, 0.3) is 0 Å². The maximum atomic E-state index is 12.3. The number of nitrogens with zero attached hydrogens (tertiary/aromatic N) is 3. The van der Waals surface area contributed by atoms with Crippen LogP contribution in [0.1, 0.15) is 49.3 Å². The van der Waals surface area contributed by atoms with E-state index in [9.17, 15) is 4.79 Å². The molecule has 0 saturated carbocycles. The second-order valence-electron chi connectivity index (χ2n) is 5.53. The second kappa shape index (κ2) is 7.24. The van der Waals surface area contributed by atoms with E-state index in [4.69, 9.17) is 11.6 Å². The van der Waals surface area contributed by atoms with Crippen LogP contribution in [0.15, 0.2) is 12.4 Å². The van der Waals surface area contributed by atoms with Crippen LogP contribution in [-0.2, 0) is 11.2 Å². The number of imidazole rings is 1. The molecule has 0 unspecified atom stereocenters. The Morgan fingerprint density at radius 3 is 2.77 bits per heavy atom. The van der Waals surface area contributed by atoms with E-state index < -0.39 is 0 Å². The van der Waals surface area contributed by atoms with Crippen LogP contribution in [0.2, 0.25) is 4.34 Å².